The Kier molecular flexibility index (Phi) is 4.56. The molecule has 2 heterocycles. The number of ether oxygens (including phenoxy) is 1. The Morgan fingerprint density at radius 3 is 2.94 bits per heavy atom. The summed E-state index contributed by atoms with van der Waals surface area (Å²) in [5, 5.41) is 4.19. The molecule has 0 aromatic carbocycles. The lowest BCUT2D eigenvalue weighted by molar-refractivity contribution is 0.110. The van der Waals surface area contributed by atoms with Gasteiger partial charge in [-0.2, -0.15) is 0 Å². The van der Waals surface area contributed by atoms with Gasteiger partial charge in [-0.15, -0.1) is 0 Å². The second-order valence-corrected chi connectivity index (χ2v) is 4.62. The van der Waals surface area contributed by atoms with Crippen LogP contribution in [-0.2, 0) is 11.3 Å². The summed E-state index contributed by atoms with van der Waals surface area (Å²) in [5.74, 6) is 0. The van der Waals surface area contributed by atoms with Crippen molar-refractivity contribution in [3.63, 3.8) is 0 Å². The quantitative estimate of drug-likeness (QED) is 0.623. The van der Waals surface area contributed by atoms with Gasteiger partial charge in [0.05, 0.1) is 6.10 Å². The fraction of sp³-hybridized carbons (Fsp3) is 0.636. The Morgan fingerprint density at radius 1 is 1.50 bits per heavy atom. The molecule has 0 saturated carbocycles. The number of aromatic nitrogens is 2. The molecular formula is C11H17N3OS. The third-order valence-electron chi connectivity index (χ3n) is 2.59. The minimum atomic E-state index is 0.395. The number of rotatable bonds is 5. The van der Waals surface area contributed by atoms with Crippen LogP contribution in [0.5, 0.6) is 0 Å². The van der Waals surface area contributed by atoms with Gasteiger partial charge in [-0.05, 0) is 19.1 Å². The van der Waals surface area contributed by atoms with Crippen molar-refractivity contribution < 1.29 is 4.74 Å². The minimum Gasteiger partial charge on any atom is -0.377 e. The van der Waals surface area contributed by atoms with Gasteiger partial charge in [0.2, 0.25) is 0 Å². The van der Waals surface area contributed by atoms with Crippen LogP contribution >= 0.6 is 11.8 Å². The zero-order valence-electron chi connectivity index (χ0n) is 9.48. The Balaban J connectivity index is 1.71. The maximum atomic E-state index is 5.53. The highest BCUT2D eigenvalue weighted by atomic mass is 32.2. The van der Waals surface area contributed by atoms with Gasteiger partial charge < -0.3 is 10.1 Å². The molecule has 88 valence electrons. The Morgan fingerprint density at radius 2 is 2.31 bits per heavy atom. The molecule has 0 unspecified atom stereocenters. The van der Waals surface area contributed by atoms with Gasteiger partial charge in [0.1, 0.15) is 0 Å². The monoisotopic (exact) mass is 239 g/mol. The summed E-state index contributed by atoms with van der Waals surface area (Å²) >= 11 is 1.56. The zero-order valence-corrected chi connectivity index (χ0v) is 10.3. The molecule has 1 aliphatic heterocycles. The third kappa shape index (κ3) is 3.43. The van der Waals surface area contributed by atoms with Crippen LogP contribution in [-0.4, -0.2) is 35.5 Å². The number of hydrogen-bond donors (Lipinski definition) is 1. The van der Waals surface area contributed by atoms with E-state index in [2.05, 4.69) is 15.3 Å². The smallest absolute Gasteiger partial charge is 0.187 e. The van der Waals surface area contributed by atoms with Crippen molar-refractivity contribution in [1.29, 1.82) is 0 Å². The van der Waals surface area contributed by atoms with Gasteiger partial charge >= 0.3 is 0 Å². The summed E-state index contributed by atoms with van der Waals surface area (Å²) in [5.41, 5.74) is 1.12. The fourth-order valence-electron chi connectivity index (χ4n) is 1.72. The van der Waals surface area contributed by atoms with Gasteiger partial charge in [-0.1, -0.05) is 11.8 Å². The molecule has 0 radical (unpaired) electrons. The molecule has 0 spiro atoms. The first-order chi connectivity index (χ1) is 7.88. The standard InChI is InChI=1S/C11H17N3OS/c1-16-11-13-6-9(7-14-11)5-12-8-10-3-2-4-15-10/h6-7,10,12H,2-5,8H2,1H3/t10-/m0/s1. The van der Waals surface area contributed by atoms with Crippen LogP contribution in [0.1, 0.15) is 18.4 Å². The lowest BCUT2D eigenvalue weighted by Gasteiger charge is -2.10. The maximum Gasteiger partial charge on any atom is 0.187 e. The minimum absolute atomic E-state index is 0.395. The molecule has 16 heavy (non-hydrogen) atoms. The summed E-state index contributed by atoms with van der Waals surface area (Å²) in [6, 6.07) is 0. The summed E-state index contributed by atoms with van der Waals surface area (Å²) in [7, 11) is 0. The van der Waals surface area contributed by atoms with Crippen molar-refractivity contribution in [2.75, 3.05) is 19.4 Å². The van der Waals surface area contributed by atoms with Crippen molar-refractivity contribution in [2.24, 2.45) is 0 Å². The highest BCUT2D eigenvalue weighted by Crippen LogP contribution is 2.11. The van der Waals surface area contributed by atoms with E-state index in [1.54, 1.807) is 11.8 Å². The summed E-state index contributed by atoms with van der Waals surface area (Å²) in [4.78, 5) is 8.46. The van der Waals surface area contributed by atoms with Crippen LogP contribution in [0.3, 0.4) is 0 Å². The molecule has 0 aliphatic carbocycles. The molecule has 1 aromatic rings. The highest BCUT2D eigenvalue weighted by Gasteiger charge is 2.14. The van der Waals surface area contributed by atoms with E-state index in [-0.39, 0.29) is 0 Å². The third-order valence-corrected chi connectivity index (χ3v) is 3.17. The van der Waals surface area contributed by atoms with Crippen LogP contribution in [0.4, 0.5) is 0 Å². The molecule has 1 aliphatic rings. The Hall–Kier alpha value is -0.650. The van der Waals surface area contributed by atoms with E-state index in [1.807, 2.05) is 18.6 Å². The number of nitrogens with one attached hydrogen (secondary N) is 1. The van der Waals surface area contributed by atoms with E-state index in [0.717, 1.165) is 30.4 Å². The molecule has 0 amide bonds. The van der Waals surface area contributed by atoms with Gasteiger partial charge in [0, 0.05) is 37.7 Å². The highest BCUT2D eigenvalue weighted by molar-refractivity contribution is 7.98. The maximum absolute atomic E-state index is 5.53. The van der Waals surface area contributed by atoms with Crippen LogP contribution in [0.15, 0.2) is 17.6 Å². The SMILES string of the molecule is CSc1ncc(CNC[C@@H]2CCCO2)cn1. The van der Waals surface area contributed by atoms with E-state index < -0.39 is 0 Å². The zero-order chi connectivity index (χ0) is 11.2. The molecule has 4 nitrogen and oxygen atoms in total. The van der Waals surface area contributed by atoms with Crippen LogP contribution < -0.4 is 5.32 Å². The molecule has 2 rings (SSSR count). The number of nitrogens with zero attached hydrogens (tertiary/aromatic N) is 2. The van der Waals surface area contributed by atoms with Crippen molar-refractivity contribution in [3.05, 3.63) is 18.0 Å². The Labute approximate surface area is 100 Å². The van der Waals surface area contributed by atoms with Crippen molar-refractivity contribution >= 4 is 11.8 Å². The van der Waals surface area contributed by atoms with Crippen LogP contribution in [0, 0.1) is 0 Å². The molecule has 1 aromatic heterocycles. The largest absolute Gasteiger partial charge is 0.377 e. The van der Waals surface area contributed by atoms with Crippen molar-refractivity contribution in [1.82, 2.24) is 15.3 Å². The Bertz CT molecular complexity index is 312. The lowest BCUT2D eigenvalue weighted by atomic mass is 10.2. The second kappa shape index (κ2) is 6.18. The van der Waals surface area contributed by atoms with Gasteiger partial charge in [-0.25, -0.2) is 9.97 Å². The van der Waals surface area contributed by atoms with E-state index in [0.29, 0.717) is 6.10 Å². The normalized spacial score (nSPS) is 20.2. The number of thioether (sulfide) groups is 1. The van der Waals surface area contributed by atoms with Gasteiger partial charge in [-0.3, -0.25) is 0 Å². The topological polar surface area (TPSA) is 47.0 Å². The average Bonchev–Trinajstić information content (AvgIpc) is 2.83. The number of hydrogen-bond acceptors (Lipinski definition) is 5. The predicted molar refractivity (Wildman–Crippen MR) is 64.5 cm³/mol. The van der Waals surface area contributed by atoms with E-state index in [9.17, 15) is 0 Å². The van der Waals surface area contributed by atoms with Gasteiger partial charge in [0.25, 0.3) is 0 Å². The van der Waals surface area contributed by atoms with Crippen molar-refractivity contribution in [3.8, 4) is 0 Å². The second-order valence-electron chi connectivity index (χ2n) is 3.84. The van der Waals surface area contributed by atoms with E-state index >= 15 is 0 Å². The first kappa shape index (κ1) is 11.8. The fourth-order valence-corrected chi connectivity index (χ4v) is 2.04. The molecular weight excluding hydrogens is 222 g/mol. The molecule has 1 saturated heterocycles. The van der Waals surface area contributed by atoms with E-state index in [1.165, 1.54) is 12.8 Å². The van der Waals surface area contributed by atoms with Crippen LogP contribution in [0.25, 0.3) is 0 Å². The summed E-state index contributed by atoms with van der Waals surface area (Å²) < 4.78 is 5.53. The average molecular weight is 239 g/mol. The first-order valence-corrected chi connectivity index (χ1v) is 6.78. The molecule has 1 fully saturated rings. The van der Waals surface area contributed by atoms with Crippen molar-refractivity contribution in [2.45, 2.75) is 30.6 Å². The summed E-state index contributed by atoms with van der Waals surface area (Å²) in [6.45, 7) is 2.65. The summed E-state index contributed by atoms with van der Waals surface area (Å²) in [6.07, 6.45) is 8.49. The first-order valence-electron chi connectivity index (χ1n) is 5.55. The van der Waals surface area contributed by atoms with Gasteiger partial charge in [0.15, 0.2) is 5.16 Å². The molecule has 5 heteroatoms. The van der Waals surface area contributed by atoms with Crippen LogP contribution in [0.2, 0.25) is 0 Å². The predicted octanol–water partition coefficient (Wildman–Crippen LogP) is 1.47. The molecule has 0 bridgehead atoms. The van der Waals surface area contributed by atoms with E-state index in [4.69, 9.17) is 4.74 Å². The lowest BCUT2D eigenvalue weighted by Crippen LogP contribution is -2.25. The molecule has 1 N–H and O–H groups in total. The molecule has 1 atom stereocenters.